The van der Waals surface area contributed by atoms with Crippen molar-refractivity contribution in [3.05, 3.63) is 65.7 Å². The first-order valence-electron chi connectivity index (χ1n) is 12.2. The Morgan fingerprint density at radius 2 is 1.56 bits per heavy atom. The Labute approximate surface area is 212 Å². The molecular weight excluding hydrogens is 458 g/mol. The van der Waals surface area contributed by atoms with Gasteiger partial charge < -0.3 is 21.5 Å². The molecule has 0 spiro atoms. The highest BCUT2D eigenvalue weighted by Gasteiger charge is 2.38. The van der Waals surface area contributed by atoms with Gasteiger partial charge in [0.25, 0.3) is 0 Å². The number of amides is 3. The number of aliphatic hydroxyl groups is 1. The molecule has 2 aromatic carbocycles. The molecule has 5 N–H and O–H groups in total. The lowest BCUT2D eigenvalue weighted by molar-refractivity contribution is -0.140. The van der Waals surface area contributed by atoms with Gasteiger partial charge in [0.1, 0.15) is 11.6 Å². The minimum Gasteiger partial charge on any atom is -0.392 e. The zero-order chi connectivity index (χ0) is 26.7. The predicted molar refractivity (Wildman–Crippen MR) is 139 cm³/mol. The van der Waals surface area contributed by atoms with Gasteiger partial charge in [-0.05, 0) is 55.9 Å². The smallest absolute Gasteiger partial charge is 0.312 e. The van der Waals surface area contributed by atoms with Crippen molar-refractivity contribution in [3.8, 4) is 0 Å². The van der Waals surface area contributed by atoms with Gasteiger partial charge >= 0.3 is 6.03 Å². The van der Waals surface area contributed by atoms with Crippen molar-refractivity contribution in [1.29, 1.82) is 0 Å². The fourth-order valence-electron chi connectivity index (χ4n) is 3.89. The summed E-state index contributed by atoms with van der Waals surface area (Å²) in [6.45, 7) is 5.36. The van der Waals surface area contributed by atoms with Gasteiger partial charge in [-0.2, -0.15) is 0 Å². The fourth-order valence-corrected chi connectivity index (χ4v) is 3.89. The zero-order valence-corrected chi connectivity index (χ0v) is 21.3. The molecule has 36 heavy (non-hydrogen) atoms. The topological polar surface area (TPSA) is 139 Å². The van der Waals surface area contributed by atoms with Crippen molar-refractivity contribution in [1.82, 2.24) is 5.32 Å². The Morgan fingerprint density at radius 1 is 0.944 bits per heavy atom. The van der Waals surface area contributed by atoms with E-state index >= 15 is 0 Å². The quantitative estimate of drug-likeness (QED) is 0.232. The van der Waals surface area contributed by atoms with Crippen LogP contribution in [0.1, 0.15) is 63.5 Å². The molecule has 0 aliphatic heterocycles. The van der Waals surface area contributed by atoms with Gasteiger partial charge in [0.15, 0.2) is 0 Å². The van der Waals surface area contributed by atoms with Crippen LogP contribution in [0.3, 0.4) is 0 Å². The van der Waals surface area contributed by atoms with E-state index in [0.29, 0.717) is 24.1 Å². The van der Waals surface area contributed by atoms with Crippen LogP contribution in [0.5, 0.6) is 0 Å². The summed E-state index contributed by atoms with van der Waals surface area (Å²) in [7, 11) is 0. The van der Waals surface area contributed by atoms with Crippen LogP contribution in [0.4, 0.5) is 10.5 Å². The number of benzene rings is 2. The molecular formula is C28H37N3O5. The maximum absolute atomic E-state index is 13.3. The van der Waals surface area contributed by atoms with E-state index in [9.17, 15) is 24.3 Å². The zero-order valence-electron chi connectivity index (χ0n) is 21.3. The van der Waals surface area contributed by atoms with Gasteiger partial charge in [0.05, 0.1) is 12.0 Å². The van der Waals surface area contributed by atoms with E-state index < -0.39 is 17.4 Å². The van der Waals surface area contributed by atoms with E-state index in [0.717, 1.165) is 5.56 Å². The molecule has 0 saturated heterocycles. The lowest BCUT2D eigenvalue weighted by atomic mass is 9.75. The second-order valence-corrected chi connectivity index (χ2v) is 9.67. The highest BCUT2D eigenvalue weighted by atomic mass is 16.3. The van der Waals surface area contributed by atoms with Crippen molar-refractivity contribution in [2.24, 2.45) is 17.1 Å². The predicted octanol–water partition coefficient (Wildman–Crippen LogP) is 3.93. The Kier molecular flexibility index (Phi) is 10.8. The first kappa shape index (κ1) is 28.7. The number of ketones is 2. The molecule has 8 nitrogen and oxygen atoms in total. The average molecular weight is 496 g/mol. The van der Waals surface area contributed by atoms with Gasteiger partial charge in [0.2, 0.25) is 5.91 Å². The molecule has 3 amide bonds. The molecule has 2 atom stereocenters. The normalized spacial score (nSPS) is 12.9. The molecule has 0 aliphatic carbocycles. The molecule has 8 heteroatoms. The lowest BCUT2D eigenvalue weighted by Gasteiger charge is -2.26. The number of hydrogen-bond acceptors (Lipinski definition) is 5. The second kappa shape index (κ2) is 13.5. The number of nitrogens with two attached hydrogens (primary N) is 1. The minimum atomic E-state index is -1.24. The van der Waals surface area contributed by atoms with E-state index in [1.807, 2.05) is 37.3 Å². The Hall–Kier alpha value is -3.52. The largest absolute Gasteiger partial charge is 0.392 e. The van der Waals surface area contributed by atoms with Crippen LogP contribution in [0.25, 0.3) is 0 Å². The average Bonchev–Trinajstić information content (AvgIpc) is 2.86. The van der Waals surface area contributed by atoms with Crippen LogP contribution in [0.2, 0.25) is 0 Å². The standard InChI is InChI=1S/C28H37N3O5/c1-19(21-8-5-4-6-9-21)16-24(33)28(2,3)25(34)17-22(10-7-15-30-27(29)36)26(35)31-23-13-11-20(18-32)12-14-23/h4-6,8-9,11-14,19,22,32H,7,10,15-18H2,1-3H3,(H,31,35)(H3,29,30,36)/t19-,22+/m0/s1. The van der Waals surface area contributed by atoms with Gasteiger partial charge in [-0.25, -0.2) is 4.79 Å². The second-order valence-electron chi connectivity index (χ2n) is 9.67. The van der Waals surface area contributed by atoms with Crippen molar-refractivity contribution in [3.63, 3.8) is 0 Å². The number of primary amides is 1. The first-order chi connectivity index (χ1) is 17.0. The summed E-state index contributed by atoms with van der Waals surface area (Å²) in [5.41, 5.74) is 6.15. The number of rotatable bonds is 14. The monoisotopic (exact) mass is 495 g/mol. The first-order valence-corrected chi connectivity index (χ1v) is 12.2. The minimum absolute atomic E-state index is 0.0355. The molecule has 0 heterocycles. The maximum atomic E-state index is 13.3. The Bertz CT molecular complexity index is 1030. The third kappa shape index (κ3) is 8.61. The number of Topliss-reactive ketones (excluding diaryl/α,β-unsaturated/α-hetero) is 2. The highest BCUT2D eigenvalue weighted by molar-refractivity contribution is 6.08. The molecule has 0 unspecified atom stereocenters. The number of carbonyl (C=O) groups excluding carboxylic acids is 4. The molecule has 0 bridgehead atoms. The van der Waals surface area contributed by atoms with Gasteiger partial charge in [-0.1, -0.05) is 49.4 Å². The Balaban J connectivity index is 2.09. The number of urea groups is 1. The number of hydrogen-bond donors (Lipinski definition) is 4. The lowest BCUT2D eigenvalue weighted by Crippen LogP contribution is -2.37. The van der Waals surface area contributed by atoms with Crippen LogP contribution < -0.4 is 16.4 Å². The molecule has 0 fully saturated rings. The summed E-state index contributed by atoms with van der Waals surface area (Å²) in [6, 6.07) is 15.8. The van der Waals surface area contributed by atoms with Crippen molar-refractivity contribution >= 4 is 29.2 Å². The maximum Gasteiger partial charge on any atom is 0.312 e. The molecule has 2 rings (SSSR count). The van der Waals surface area contributed by atoms with Crippen molar-refractivity contribution in [2.45, 2.75) is 59.0 Å². The van der Waals surface area contributed by atoms with Gasteiger partial charge in [-0.15, -0.1) is 0 Å². The van der Waals surface area contributed by atoms with E-state index in [2.05, 4.69) is 10.6 Å². The summed E-state index contributed by atoms with van der Waals surface area (Å²) in [4.78, 5) is 50.5. The molecule has 0 radical (unpaired) electrons. The molecule has 0 aromatic heterocycles. The number of nitrogens with one attached hydrogen (secondary N) is 2. The summed E-state index contributed by atoms with van der Waals surface area (Å²) in [5.74, 6) is -1.54. The third-order valence-electron chi connectivity index (χ3n) is 6.49. The third-order valence-corrected chi connectivity index (χ3v) is 6.49. The molecule has 2 aromatic rings. The fraction of sp³-hybridized carbons (Fsp3) is 0.429. The van der Waals surface area contributed by atoms with Gasteiger partial charge in [0, 0.05) is 31.0 Å². The number of aliphatic hydroxyl groups excluding tert-OH is 1. The molecule has 0 saturated carbocycles. The summed E-state index contributed by atoms with van der Waals surface area (Å²) >= 11 is 0. The van der Waals surface area contributed by atoms with E-state index in [4.69, 9.17) is 5.73 Å². The Morgan fingerprint density at radius 3 is 2.14 bits per heavy atom. The summed E-state index contributed by atoms with van der Waals surface area (Å²) < 4.78 is 0. The number of anilines is 1. The van der Waals surface area contributed by atoms with Crippen LogP contribution in [0, 0.1) is 11.3 Å². The van der Waals surface area contributed by atoms with E-state index in [1.165, 1.54) is 0 Å². The van der Waals surface area contributed by atoms with Gasteiger partial charge in [-0.3, -0.25) is 14.4 Å². The van der Waals surface area contributed by atoms with Crippen LogP contribution in [-0.2, 0) is 21.0 Å². The van der Waals surface area contributed by atoms with E-state index in [-0.39, 0.29) is 49.4 Å². The molecule has 0 aliphatic rings. The van der Waals surface area contributed by atoms with Crippen LogP contribution in [-0.4, -0.2) is 35.2 Å². The highest BCUT2D eigenvalue weighted by Crippen LogP contribution is 2.30. The SMILES string of the molecule is C[C@@H](CC(=O)C(C)(C)C(=O)C[C@@H](CCCNC(N)=O)C(=O)Nc1ccc(CO)cc1)c1ccccc1. The molecule has 194 valence electrons. The van der Waals surface area contributed by atoms with Crippen molar-refractivity contribution in [2.75, 3.05) is 11.9 Å². The summed E-state index contributed by atoms with van der Waals surface area (Å²) in [6.07, 6.45) is 0.892. The summed E-state index contributed by atoms with van der Waals surface area (Å²) in [5, 5.41) is 14.5. The van der Waals surface area contributed by atoms with Crippen LogP contribution >= 0.6 is 0 Å². The number of carbonyl (C=O) groups is 4. The van der Waals surface area contributed by atoms with E-state index in [1.54, 1.807) is 38.1 Å². The van der Waals surface area contributed by atoms with Crippen molar-refractivity contribution < 1.29 is 24.3 Å². The van der Waals surface area contributed by atoms with Crippen LogP contribution in [0.15, 0.2) is 54.6 Å².